The number of anilines is 1. The Hall–Kier alpha value is -3.53. The van der Waals surface area contributed by atoms with E-state index in [-0.39, 0.29) is 35.5 Å². The van der Waals surface area contributed by atoms with E-state index in [0.29, 0.717) is 36.9 Å². The molecule has 1 aromatic heterocycles. The van der Waals surface area contributed by atoms with Crippen molar-refractivity contribution >= 4 is 17.4 Å². The predicted octanol–water partition coefficient (Wildman–Crippen LogP) is 5.46. The zero-order valence-corrected chi connectivity index (χ0v) is 22.6. The van der Waals surface area contributed by atoms with Crippen molar-refractivity contribution in [2.45, 2.75) is 82.1 Å². The van der Waals surface area contributed by atoms with Crippen LogP contribution in [0.3, 0.4) is 0 Å². The van der Waals surface area contributed by atoms with E-state index < -0.39 is 23.1 Å². The molecule has 3 aliphatic rings. The number of nitrogens with zero attached hydrogens (tertiary/aromatic N) is 4. The highest BCUT2D eigenvalue weighted by atomic mass is 19.4. The van der Waals surface area contributed by atoms with Gasteiger partial charge in [-0.1, -0.05) is 12.1 Å². The van der Waals surface area contributed by atoms with Crippen LogP contribution in [0.4, 0.5) is 18.9 Å². The molecule has 1 amide bonds. The van der Waals surface area contributed by atoms with Crippen molar-refractivity contribution in [1.29, 1.82) is 0 Å². The summed E-state index contributed by atoms with van der Waals surface area (Å²) in [6, 6.07) is 10.2. The van der Waals surface area contributed by atoms with E-state index in [4.69, 9.17) is 0 Å². The van der Waals surface area contributed by atoms with Gasteiger partial charge in [-0.05, 0) is 80.0 Å². The number of ketones is 1. The Balaban J connectivity index is 1.36. The Labute approximate surface area is 230 Å². The molecule has 210 valence electrons. The van der Waals surface area contributed by atoms with E-state index in [2.05, 4.69) is 22.4 Å². The van der Waals surface area contributed by atoms with Crippen LogP contribution >= 0.6 is 0 Å². The van der Waals surface area contributed by atoms with E-state index in [0.717, 1.165) is 30.7 Å². The van der Waals surface area contributed by atoms with Gasteiger partial charge in [0.2, 0.25) is 0 Å². The Morgan fingerprint density at radius 1 is 1.05 bits per heavy atom. The van der Waals surface area contributed by atoms with Crippen LogP contribution in [0.25, 0.3) is 0 Å². The molecule has 2 aromatic carbocycles. The van der Waals surface area contributed by atoms with E-state index in [9.17, 15) is 22.8 Å². The number of rotatable bonds is 6. The second-order valence-corrected chi connectivity index (χ2v) is 11.8. The molecule has 10 heteroatoms. The Bertz CT molecular complexity index is 1480. The summed E-state index contributed by atoms with van der Waals surface area (Å²) < 4.78 is 44.5. The summed E-state index contributed by atoms with van der Waals surface area (Å²) in [5, 5.41) is 11.8. The minimum absolute atomic E-state index is 0.00721. The molecule has 6 rings (SSSR count). The number of hydrogen-bond acceptors (Lipinski definition) is 5. The van der Waals surface area contributed by atoms with Crippen LogP contribution in [0, 0.1) is 0 Å². The largest absolute Gasteiger partial charge is 0.416 e. The third-order valence-electron chi connectivity index (χ3n) is 9.09. The number of alkyl halides is 3. The molecule has 0 saturated heterocycles. The molecule has 0 spiro atoms. The Kier molecular flexibility index (Phi) is 6.36. The van der Waals surface area contributed by atoms with Gasteiger partial charge in [0.05, 0.1) is 17.5 Å². The molecule has 1 aliphatic heterocycles. The highest BCUT2D eigenvalue weighted by molar-refractivity contribution is 6.10. The fourth-order valence-corrected chi connectivity index (χ4v) is 6.52. The zero-order chi connectivity index (χ0) is 28.3. The summed E-state index contributed by atoms with van der Waals surface area (Å²) in [6.45, 7) is 2.19. The summed E-state index contributed by atoms with van der Waals surface area (Å²) in [6.07, 6.45) is 1.99. The first kappa shape index (κ1) is 26.7. The lowest BCUT2D eigenvalue weighted by atomic mass is 9.68. The van der Waals surface area contributed by atoms with Gasteiger partial charge < -0.3 is 14.8 Å². The zero-order valence-electron chi connectivity index (χ0n) is 22.6. The van der Waals surface area contributed by atoms with Gasteiger partial charge >= 0.3 is 6.18 Å². The van der Waals surface area contributed by atoms with E-state index in [1.54, 1.807) is 18.5 Å². The van der Waals surface area contributed by atoms with Crippen molar-refractivity contribution < 1.29 is 22.8 Å². The summed E-state index contributed by atoms with van der Waals surface area (Å²) >= 11 is 0. The third kappa shape index (κ3) is 4.52. The maximum atomic E-state index is 14.2. The maximum Gasteiger partial charge on any atom is 0.416 e. The third-order valence-corrected chi connectivity index (χ3v) is 9.09. The number of nitrogens with one attached hydrogen (secondary N) is 1. The number of benzene rings is 2. The standard InChI is InChI=1S/C30H32F3N5O2/c1-28(9-4-10-28)34-16-19-13-23-24(25(14-19)30(31,32)33)17-38(26(23)40)21-6-3-5-20(15-21)29(11-7-22(39)8-12-29)27-36-35-18-37(27)2/h3,5-6,13-15,18,34H,4,7-12,16-17H2,1-2H3. The molecule has 2 heterocycles. The van der Waals surface area contributed by atoms with Crippen molar-refractivity contribution in [2.75, 3.05) is 4.90 Å². The van der Waals surface area contributed by atoms with Gasteiger partial charge in [0.1, 0.15) is 17.9 Å². The average Bonchev–Trinajstić information content (AvgIpc) is 3.49. The van der Waals surface area contributed by atoms with Crippen LogP contribution in [0.2, 0.25) is 0 Å². The molecule has 0 radical (unpaired) electrons. The average molecular weight is 552 g/mol. The molecule has 0 atom stereocenters. The van der Waals surface area contributed by atoms with Crippen LogP contribution in [-0.4, -0.2) is 32.0 Å². The summed E-state index contributed by atoms with van der Waals surface area (Å²) in [7, 11) is 1.86. The molecule has 2 fully saturated rings. The molecular weight excluding hydrogens is 519 g/mol. The Morgan fingerprint density at radius 3 is 2.42 bits per heavy atom. The van der Waals surface area contributed by atoms with Crippen molar-refractivity contribution in [3.8, 4) is 0 Å². The van der Waals surface area contributed by atoms with Crippen LogP contribution in [0.15, 0.2) is 42.7 Å². The second kappa shape index (κ2) is 9.54. The quantitative estimate of drug-likeness (QED) is 0.441. The number of aryl methyl sites for hydroxylation is 1. The highest BCUT2D eigenvalue weighted by Gasteiger charge is 2.43. The van der Waals surface area contributed by atoms with Crippen molar-refractivity contribution in [1.82, 2.24) is 20.1 Å². The first-order chi connectivity index (χ1) is 19.0. The van der Waals surface area contributed by atoms with Crippen LogP contribution in [0.5, 0.6) is 0 Å². The molecule has 0 bridgehead atoms. The van der Waals surface area contributed by atoms with Gasteiger partial charge in [-0.25, -0.2) is 0 Å². The van der Waals surface area contributed by atoms with E-state index in [1.165, 1.54) is 11.0 Å². The van der Waals surface area contributed by atoms with Gasteiger partial charge in [-0.2, -0.15) is 13.2 Å². The first-order valence-electron chi connectivity index (χ1n) is 13.8. The second-order valence-electron chi connectivity index (χ2n) is 11.8. The smallest absolute Gasteiger partial charge is 0.320 e. The van der Waals surface area contributed by atoms with Crippen LogP contribution in [0.1, 0.15) is 90.3 Å². The van der Waals surface area contributed by atoms with Crippen molar-refractivity contribution in [3.63, 3.8) is 0 Å². The summed E-state index contributed by atoms with van der Waals surface area (Å²) in [5.41, 5.74) is 0.535. The Morgan fingerprint density at radius 2 is 1.80 bits per heavy atom. The number of fused-ring (bicyclic) bond motifs is 1. The topological polar surface area (TPSA) is 80.1 Å². The lowest BCUT2D eigenvalue weighted by molar-refractivity contribution is -0.138. The fourth-order valence-electron chi connectivity index (χ4n) is 6.52. The SMILES string of the molecule is Cn1cnnc1C1(c2cccc(N3Cc4c(cc(CNC5(C)CCC5)cc4C(F)(F)F)C3=O)c2)CCC(=O)CC1. The number of carbonyl (C=O) groups excluding carboxylic acids is 2. The molecule has 3 aromatic rings. The summed E-state index contributed by atoms with van der Waals surface area (Å²) in [5.74, 6) is 0.473. The molecule has 1 N–H and O–H groups in total. The lowest BCUT2D eigenvalue weighted by Crippen LogP contribution is -2.47. The molecule has 7 nitrogen and oxygen atoms in total. The lowest BCUT2D eigenvalue weighted by Gasteiger charge is -2.39. The summed E-state index contributed by atoms with van der Waals surface area (Å²) in [4.78, 5) is 27.2. The number of aromatic nitrogens is 3. The molecule has 40 heavy (non-hydrogen) atoms. The van der Waals surface area contributed by atoms with Crippen LogP contribution in [-0.2, 0) is 36.5 Å². The van der Waals surface area contributed by atoms with Gasteiger partial charge in [0.25, 0.3) is 5.91 Å². The number of hydrogen-bond donors (Lipinski definition) is 1. The van der Waals surface area contributed by atoms with E-state index >= 15 is 0 Å². The number of amides is 1. The predicted molar refractivity (Wildman–Crippen MR) is 143 cm³/mol. The number of carbonyl (C=O) groups is 2. The number of Topliss-reactive ketones (excluding diaryl/α,β-unsaturated/α-hetero) is 1. The van der Waals surface area contributed by atoms with Crippen LogP contribution < -0.4 is 10.2 Å². The maximum absolute atomic E-state index is 14.2. The first-order valence-corrected chi connectivity index (χ1v) is 13.8. The monoisotopic (exact) mass is 551 g/mol. The van der Waals surface area contributed by atoms with Gasteiger partial charge in [-0.15, -0.1) is 10.2 Å². The molecular formula is C30H32F3N5O2. The highest BCUT2D eigenvalue weighted by Crippen LogP contribution is 2.45. The van der Waals surface area contributed by atoms with E-state index in [1.807, 2.05) is 29.8 Å². The van der Waals surface area contributed by atoms with Gasteiger partial charge in [0.15, 0.2) is 0 Å². The molecule has 2 aliphatic carbocycles. The van der Waals surface area contributed by atoms with Crippen molar-refractivity contribution in [2.24, 2.45) is 7.05 Å². The molecule has 2 saturated carbocycles. The minimum atomic E-state index is -4.58. The number of halogens is 3. The minimum Gasteiger partial charge on any atom is -0.320 e. The fraction of sp³-hybridized carbons (Fsp3) is 0.467. The molecule has 0 unspecified atom stereocenters. The van der Waals surface area contributed by atoms with Crippen molar-refractivity contribution in [3.05, 3.63) is 76.4 Å². The van der Waals surface area contributed by atoms with Gasteiger partial charge in [0, 0.05) is 43.2 Å². The van der Waals surface area contributed by atoms with Gasteiger partial charge in [-0.3, -0.25) is 9.59 Å². The normalized spacial score (nSPS) is 20.0.